The van der Waals surface area contributed by atoms with Crippen molar-refractivity contribution in [3.05, 3.63) is 53.2 Å². The molecule has 0 spiro atoms. The molecule has 2 atom stereocenters. The number of esters is 1. The van der Waals surface area contributed by atoms with Crippen molar-refractivity contribution in [2.75, 3.05) is 13.2 Å². The third-order valence-corrected chi connectivity index (χ3v) is 7.96. The van der Waals surface area contributed by atoms with E-state index in [-0.39, 0.29) is 29.5 Å². The molecule has 0 unspecified atom stereocenters. The Kier molecular flexibility index (Phi) is 8.00. The molecule has 1 aliphatic rings. The van der Waals surface area contributed by atoms with Crippen molar-refractivity contribution in [2.45, 2.75) is 76.5 Å². The fourth-order valence-electron chi connectivity index (χ4n) is 4.02. The molecule has 0 amide bonds. The number of aliphatic hydroxyl groups is 1. The lowest BCUT2D eigenvalue weighted by Crippen LogP contribution is -2.55. The number of hydrogen-bond acceptors (Lipinski definition) is 7. The average Bonchev–Trinajstić information content (AvgIpc) is 2.81. The lowest BCUT2D eigenvalue weighted by atomic mass is 9.87. The number of carbonyl (C=O) groups excluding carboxylic acids is 1. The maximum atomic E-state index is 13.9. The average molecular weight is 491 g/mol. The summed E-state index contributed by atoms with van der Waals surface area (Å²) in [5, 5.41) is 11.4. The monoisotopic (exact) mass is 490 g/mol. The summed E-state index contributed by atoms with van der Waals surface area (Å²) in [6.45, 7) is 9.43. The molecule has 9 heteroatoms. The van der Waals surface area contributed by atoms with Crippen LogP contribution in [0.15, 0.2) is 41.4 Å². The van der Waals surface area contributed by atoms with Crippen molar-refractivity contribution in [3.8, 4) is 5.88 Å². The normalized spacial score (nSPS) is 19.4. The minimum atomic E-state index is -3.99. The molecule has 34 heavy (non-hydrogen) atoms. The molecule has 1 aliphatic heterocycles. The molecular weight excluding hydrogens is 456 g/mol. The number of nitrogens with zero attached hydrogens (tertiary/aromatic N) is 2. The first-order valence-electron chi connectivity index (χ1n) is 11.7. The predicted molar refractivity (Wildman–Crippen MR) is 128 cm³/mol. The van der Waals surface area contributed by atoms with Gasteiger partial charge in [-0.15, -0.1) is 0 Å². The van der Waals surface area contributed by atoms with Crippen LogP contribution in [0.3, 0.4) is 0 Å². The minimum absolute atomic E-state index is 0.147. The Morgan fingerprint density at radius 1 is 1.21 bits per heavy atom. The van der Waals surface area contributed by atoms with Crippen LogP contribution >= 0.6 is 0 Å². The van der Waals surface area contributed by atoms with Gasteiger partial charge in [-0.25, -0.2) is 18.2 Å². The summed E-state index contributed by atoms with van der Waals surface area (Å²) in [5.74, 6) is -0.389. The molecule has 0 radical (unpaired) electrons. The summed E-state index contributed by atoms with van der Waals surface area (Å²) in [6.07, 6.45) is 2.29. The topological polar surface area (TPSA) is 106 Å². The number of ether oxygens (including phenoxy) is 2. The van der Waals surface area contributed by atoms with Gasteiger partial charge >= 0.3 is 5.97 Å². The molecular formula is C25H34N2O6S. The van der Waals surface area contributed by atoms with Crippen LogP contribution in [-0.2, 0) is 21.2 Å². The van der Waals surface area contributed by atoms with Crippen molar-refractivity contribution in [1.29, 1.82) is 0 Å². The molecule has 0 saturated heterocycles. The third-order valence-electron chi connectivity index (χ3n) is 6.06. The molecule has 2 aromatic rings. The number of rotatable bonds is 9. The van der Waals surface area contributed by atoms with E-state index in [1.165, 1.54) is 16.6 Å². The van der Waals surface area contributed by atoms with Crippen LogP contribution in [0, 0.1) is 0 Å². The molecule has 186 valence electrons. The fourth-order valence-corrected chi connectivity index (χ4v) is 5.67. The van der Waals surface area contributed by atoms with E-state index < -0.39 is 33.7 Å². The molecule has 0 fully saturated rings. The zero-order valence-electron chi connectivity index (χ0n) is 20.4. The van der Waals surface area contributed by atoms with E-state index in [0.29, 0.717) is 12.0 Å². The SMILES string of the molecule is CCCCN([C@@H]1c2cc(C(=O)OCC)cnc2OC(C)(C)[C@H]1O)S(=O)(=O)c1ccc(CC)cc1. The molecule has 0 saturated carbocycles. The number of unbranched alkanes of at least 4 members (excludes halogenated alkanes) is 1. The highest BCUT2D eigenvalue weighted by molar-refractivity contribution is 7.89. The van der Waals surface area contributed by atoms with Gasteiger partial charge < -0.3 is 14.6 Å². The van der Waals surface area contributed by atoms with Gasteiger partial charge in [0.05, 0.1) is 23.1 Å². The zero-order chi connectivity index (χ0) is 25.1. The van der Waals surface area contributed by atoms with Crippen LogP contribution in [0.25, 0.3) is 0 Å². The van der Waals surface area contributed by atoms with Crippen LogP contribution in [0.1, 0.15) is 75.0 Å². The number of sulfonamides is 1. The standard InChI is InChI=1S/C25H34N2O6S/c1-6-9-14-27(34(30,31)19-12-10-17(7-2)11-13-19)21-20-15-18(24(29)32-8-3)16-26-23(20)33-25(4,5)22(21)28/h10-13,15-16,21-22,28H,6-9,14H2,1-5H3/t21-,22+/m1/s1. The van der Waals surface area contributed by atoms with Crippen LogP contribution in [0.5, 0.6) is 5.88 Å². The highest BCUT2D eigenvalue weighted by atomic mass is 32.2. The number of benzene rings is 1. The second-order valence-corrected chi connectivity index (χ2v) is 10.8. The summed E-state index contributed by atoms with van der Waals surface area (Å²) in [6, 6.07) is 7.30. The second kappa shape index (κ2) is 10.4. The fraction of sp³-hybridized carbons (Fsp3) is 0.520. The summed E-state index contributed by atoms with van der Waals surface area (Å²) in [4.78, 5) is 16.8. The van der Waals surface area contributed by atoms with E-state index in [0.717, 1.165) is 18.4 Å². The first-order chi connectivity index (χ1) is 16.1. The van der Waals surface area contributed by atoms with Crippen molar-refractivity contribution in [1.82, 2.24) is 9.29 Å². The van der Waals surface area contributed by atoms with Gasteiger partial charge in [0.15, 0.2) is 0 Å². The maximum Gasteiger partial charge on any atom is 0.339 e. The van der Waals surface area contributed by atoms with E-state index in [4.69, 9.17) is 9.47 Å². The lowest BCUT2D eigenvalue weighted by Gasteiger charge is -2.45. The molecule has 1 aromatic heterocycles. The summed E-state index contributed by atoms with van der Waals surface area (Å²) >= 11 is 0. The maximum absolute atomic E-state index is 13.9. The van der Waals surface area contributed by atoms with Crippen molar-refractivity contribution >= 4 is 16.0 Å². The number of aryl methyl sites for hydroxylation is 1. The number of pyridine rings is 1. The number of aliphatic hydroxyl groups excluding tert-OH is 1. The summed E-state index contributed by atoms with van der Waals surface area (Å²) < 4.78 is 40.1. The number of hydrogen-bond donors (Lipinski definition) is 1. The number of carbonyl (C=O) groups is 1. The molecule has 1 N–H and O–H groups in total. The smallest absolute Gasteiger partial charge is 0.339 e. The van der Waals surface area contributed by atoms with E-state index in [1.807, 2.05) is 13.8 Å². The Balaban J connectivity index is 2.17. The van der Waals surface area contributed by atoms with E-state index in [2.05, 4.69) is 4.98 Å². The molecule has 8 nitrogen and oxygen atoms in total. The van der Waals surface area contributed by atoms with E-state index >= 15 is 0 Å². The van der Waals surface area contributed by atoms with Crippen LogP contribution in [0.4, 0.5) is 0 Å². The highest BCUT2D eigenvalue weighted by Crippen LogP contribution is 2.44. The highest BCUT2D eigenvalue weighted by Gasteiger charge is 2.49. The first-order valence-corrected chi connectivity index (χ1v) is 13.2. The predicted octanol–water partition coefficient (Wildman–Crippen LogP) is 3.88. The number of aromatic nitrogens is 1. The van der Waals surface area contributed by atoms with Crippen molar-refractivity contribution in [2.24, 2.45) is 0 Å². The minimum Gasteiger partial charge on any atom is -0.469 e. The summed E-state index contributed by atoms with van der Waals surface area (Å²) in [7, 11) is -3.99. The Bertz CT molecular complexity index is 1110. The number of fused-ring (bicyclic) bond motifs is 1. The molecule has 0 aliphatic carbocycles. The quantitative estimate of drug-likeness (QED) is 0.532. The van der Waals surface area contributed by atoms with E-state index in [1.54, 1.807) is 45.0 Å². The van der Waals surface area contributed by atoms with Gasteiger partial charge in [0.1, 0.15) is 11.7 Å². The van der Waals surface area contributed by atoms with Gasteiger partial charge in [0.25, 0.3) is 0 Å². The first kappa shape index (κ1) is 26.1. The van der Waals surface area contributed by atoms with Gasteiger partial charge in [-0.3, -0.25) is 0 Å². The van der Waals surface area contributed by atoms with Crippen LogP contribution < -0.4 is 4.74 Å². The molecule has 1 aromatic carbocycles. The van der Waals surface area contributed by atoms with Crippen LogP contribution in [0.2, 0.25) is 0 Å². The molecule has 3 rings (SSSR count). The lowest BCUT2D eigenvalue weighted by molar-refractivity contribution is -0.0819. The largest absolute Gasteiger partial charge is 0.469 e. The van der Waals surface area contributed by atoms with Gasteiger partial charge in [0.2, 0.25) is 15.9 Å². The van der Waals surface area contributed by atoms with Gasteiger partial charge in [0, 0.05) is 18.3 Å². The second-order valence-electron chi connectivity index (χ2n) is 8.90. The Morgan fingerprint density at radius 2 is 1.88 bits per heavy atom. The zero-order valence-corrected chi connectivity index (χ0v) is 21.3. The van der Waals surface area contributed by atoms with Gasteiger partial charge in [-0.1, -0.05) is 32.4 Å². The third kappa shape index (κ3) is 5.11. The van der Waals surface area contributed by atoms with Crippen LogP contribution in [-0.4, -0.2) is 53.6 Å². The molecule has 2 heterocycles. The van der Waals surface area contributed by atoms with E-state index in [9.17, 15) is 18.3 Å². The molecule has 0 bridgehead atoms. The van der Waals surface area contributed by atoms with Crippen molar-refractivity contribution in [3.63, 3.8) is 0 Å². The van der Waals surface area contributed by atoms with Gasteiger partial charge in [-0.05, 0) is 57.4 Å². The summed E-state index contributed by atoms with van der Waals surface area (Å²) in [5.41, 5.74) is 0.422. The van der Waals surface area contributed by atoms with Gasteiger partial charge in [-0.2, -0.15) is 4.31 Å². The Hall–Kier alpha value is -2.49. The van der Waals surface area contributed by atoms with Crippen molar-refractivity contribution < 1.29 is 27.8 Å². The Morgan fingerprint density at radius 3 is 2.47 bits per heavy atom. The Labute approximate surface area is 202 Å².